The lowest BCUT2D eigenvalue weighted by Crippen LogP contribution is -2.23. The Bertz CT molecular complexity index is 933. The highest BCUT2D eigenvalue weighted by molar-refractivity contribution is 7.89. The van der Waals surface area contributed by atoms with Crippen LogP contribution in [0.1, 0.15) is 5.76 Å². The molecule has 0 aliphatic heterocycles. The third-order valence-electron chi connectivity index (χ3n) is 3.30. The van der Waals surface area contributed by atoms with Gasteiger partial charge in [0.1, 0.15) is 11.5 Å². The Morgan fingerprint density at radius 1 is 1.25 bits per heavy atom. The van der Waals surface area contributed by atoms with E-state index in [1.54, 1.807) is 12.1 Å². The molecule has 0 atom stereocenters. The Hall–Kier alpha value is -2.16. The van der Waals surface area contributed by atoms with Gasteiger partial charge in [-0.25, -0.2) is 17.5 Å². The predicted octanol–water partition coefficient (Wildman–Crippen LogP) is 3.63. The van der Waals surface area contributed by atoms with Gasteiger partial charge in [-0.2, -0.15) is 0 Å². The molecule has 0 fully saturated rings. The standard InChI is InChI=1S/C16H14FNO4S2/c1-21-14-7-5-12(9-13(14)17)24(19,20)18-10-11-4-6-15(22-11)16-3-2-8-23-16/h2-9,18H,10H2,1H3. The predicted molar refractivity (Wildman–Crippen MR) is 89.0 cm³/mol. The molecule has 0 bridgehead atoms. The van der Waals surface area contributed by atoms with Crippen LogP contribution in [-0.2, 0) is 16.6 Å². The average Bonchev–Trinajstić information content (AvgIpc) is 3.24. The Kier molecular flexibility index (Phi) is 4.70. The van der Waals surface area contributed by atoms with E-state index in [1.165, 1.54) is 30.6 Å². The van der Waals surface area contributed by atoms with Gasteiger partial charge in [-0.1, -0.05) is 6.07 Å². The van der Waals surface area contributed by atoms with Crippen LogP contribution in [0.4, 0.5) is 4.39 Å². The summed E-state index contributed by atoms with van der Waals surface area (Å²) >= 11 is 1.53. The van der Waals surface area contributed by atoms with Crippen LogP contribution in [0.2, 0.25) is 0 Å². The molecule has 24 heavy (non-hydrogen) atoms. The number of halogens is 1. The summed E-state index contributed by atoms with van der Waals surface area (Å²) in [5.41, 5.74) is 0. The van der Waals surface area contributed by atoms with Crippen molar-refractivity contribution in [3.63, 3.8) is 0 Å². The molecule has 1 aromatic carbocycles. The maximum absolute atomic E-state index is 13.7. The van der Waals surface area contributed by atoms with Crippen LogP contribution in [-0.4, -0.2) is 15.5 Å². The molecular formula is C16H14FNO4S2. The highest BCUT2D eigenvalue weighted by Crippen LogP contribution is 2.27. The molecule has 5 nitrogen and oxygen atoms in total. The van der Waals surface area contributed by atoms with Gasteiger partial charge in [-0.15, -0.1) is 11.3 Å². The van der Waals surface area contributed by atoms with Crippen molar-refractivity contribution in [1.29, 1.82) is 0 Å². The first kappa shape index (κ1) is 16.7. The fourth-order valence-corrected chi connectivity index (χ4v) is 3.78. The number of rotatable bonds is 6. The summed E-state index contributed by atoms with van der Waals surface area (Å²) in [6, 6.07) is 10.8. The number of thiophene rings is 1. The van der Waals surface area contributed by atoms with Crippen LogP contribution in [0.3, 0.4) is 0 Å². The molecule has 1 N–H and O–H groups in total. The van der Waals surface area contributed by atoms with Gasteiger partial charge in [0.25, 0.3) is 0 Å². The van der Waals surface area contributed by atoms with E-state index in [-0.39, 0.29) is 17.2 Å². The Morgan fingerprint density at radius 2 is 2.08 bits per heavy atom. The lowest BCUT2D eigenvalue weighted by molar-refractivity contribution is 0.385. The van der Waals surface area contributed by atoms with E-state index in [2.05, 4.69) is 4.72 Å². The van der Waals surface area contributed by atoms with E-state index in [1.807, 2.05) is 17.5 Å². The molecule has 3 aromatic rings. The third-order valence-corrected chi connectivity index (χ3v) is 5.58. The topological polar surface area (TPSA) is 68.5 Å². The van der Waals surface area contributed by atoms with Crippen molar-refractivity contribution < 1.29 is 22.0 Å². The average molecular weight is 367 g/mol. The van der Waals surface area contributed by atoms with Crippen molar-refractivity contribution in [2.75, 3.05) is 7.11 Å². The maximum atomic E-state index is 13.7. The van der Waals surface area contributed by atoms with Gasteiger partial charge >= 0.3 is 0 Å². The molecule has 0 radical (unpaired) electrons. The largest absolute Gasteiger partial charge is 0.494 e. The Balaban J connectivity index is 1.72. The quantitative estimate of drug-likeness (QED) is 0.722. The minimum Gasteiger partial charge on any atom is -0.494 e. The number of hydrogen-bond acceptors (Lipinski definition) is 5. The summed E-state index contributed by atoms with van der Waals surface area (Å²) in [5, 5.41) is 1.93. The van der Waals surface area contributed by atoms with E-state index in [9.17, 15) is 12.8 Å². The van der Waals surface area contributed by atoms with Crippen LogP contribution < -0.4 is 9.46 Å². The van der Waals surface area contributed by atoms with Crippen LogP contribution in [0, 0.1) is 5.82 Å². The third kappa shape index (κ3) is 3.50. The molecule has 3 rings (SSSR count). The number of hydrogen-bond donors (Lipinski definition) is 1. The van der Waals surface area contributed by atoms with Crippen molar-refractivity contribution in [2.24, 2.45) is 0 Å². The first-order valence-electron chi connectivity index (χ1n) is 6.95. The SMILES string of the molecule is COc1ccc(S(=O)(=O)NCc2ccc(-c3cccs3)o2)cc1F. The zero-order valence-electron chi connectivity index (χ0n) is 12.7. The van der Waals surface area contributed by atoms with Crippen molar-refractivity contribution in [3.05, 3.63) is 59.4 Å². The second kappa shape index (κ2) is 6.76. The second-order valence-corrected chi connectivity index (χ2v) is 7.58. The Morgan fingerprint density at radius 3 is 2.75 bits per heavy atom. The van der Waals surface area contributed by atoms with E-state index in [0.717, 1.165) is 10.9 Å². The lowest BCUT2D eigenvalue weighted by atomic mass is 10.3. The minimum atomic E-state index is -3.85. The number of methoxy groups -OCH3 is 1. The molecule has 0 saturated carbocycles. The molecule has 0 aliphatic carbocycles. The first-order chi connectivity index (χ1) is 11.5. The van der Waals surface area contributed by atoms with Crippen molar-refractivity contribution in [2.45, 2.75) is 11.4 Å². The number of sulfonamides is 1. The summed E-state index contributed by atoms with van der Waals surface area (Å²) in [4.78, 5) is 0.784. The van der Waals surface area contributed by atoms with E-state index in [4.69, 9.17) is 9.15 Å². The van der Waals surface area contributed by atoms with Gasteiger partial charge in [0.2, 0.25) is 10.0 Å². The van der Waals surface area contributed by atoms with Crippen LogP contribution in [0.5, 0.6) is 5.75 Å². The molecule has 0 aliphatic rings. The fourth-order valence-electron chi connectivity index (χ4n) is 2.09. The van der Waals surface area contributed by atoms with E-state index in [0.29, 0.717) is 11.5 Å². The lowest BCUT2D eigenvalue weighted by Gasteiger charge is -2.07. The molecule has 8 heteroatoms. The summed E-state index contributed by atoms with van der Waals surface area (Å²) in [5.74, 6) is 0.393. The fraction of sp³-hybridized carbons (Fsp3) is 0.125. The highest BCUT2D eigenvalue weighted by atomic mass is 32.2. The Labute approximate surface area is 142 Å². The van der Waals surface area contributed by atoms with Crippen molar-refractivity contribution >= 4 is 21.4 Å². The molecule has 126 valence electrons. The first-order valence-corrected chi connectivity index (χ1v) is 9.31. The molecule has 0 saturated heterocycles. The van der Waals surface area contributed by atoms with Gasteiger partial charge in [0.05, 0.1) is 23.4 Å². The number of nitrogens with one attached hydrogen (secondary N) is 1. The van der Waals surface area contributed by atoms with Crippen molar-refractivity contribution in [3.8, 4) is 16.4 Å². The number of ether oxygens (including phenoxy) is 1. The minimum absolute atomic E-state index is 0.0134. The zero-order valence-corrected chi connectivity index (χ0v) is 14.3. The van der Waals surface area contributed by atoms with Crippen LogP contribution >= 0.6 is 11.3 Å². The second-order valence-electron chi connectivity index (χ2n) is 4.86. The molecule has 2 heterocycles. The highest BCUT2D eigenvalue weighted by Gasteiger charge is 2.17. The van der Waals surface area contributed by atoms with Gasteiger partial charge in [0, 0.05) is 0 Å². The normalized spacial score (nSPS) is 11.6. The van der Waals surface area contributed by atoms with Gasteiger partial charge in [-0.3, -0.25) is 0 Å². The monoisotopic (exact) mass is 367 g/mol. The zero-order chi connectivity index (χ0) is 17.2. The molecule has 2 aromatic heterocycles. The molecule has 0 amide bonds. The van der Waals surface area contributed by atoms with Gasteiger partial charge in [-0.05, 0) is 41.8 Å². The van der Waals surface area contributed by atoms with Gasteiger partial charge in [0.15, 0.2) is 11.6 Å². The number of furan rings is 1. The van der Waals surface area contributed by atoms with E-state index < -0.39 is 15.8 Å². The smallest absolute Gasteiger partial charge is 0.241 e. The summed E-state index contributed by atoms with van der Waals surface area (Å²) in [6.45, 7) is -0.0264. The van der Waals surface area contributed by atoms with Crippen LogP contribution in [0.15, 0.2) is 57.2 Å². The van der Waals surface area contributed by atoms with Crippen molar-refractivity contribution in [1.82, 2.24) is 4.72 Å². The summed E-state index contributed by atoms with van der Waals surface area (Å²) in [6.07, 6.45) is 0. The van der Waals surface area contributed by atoms with E-state index >= 15 is 0 Å². The summed E-state index contributed by atoms with van der Waals surface area (Å²) in [7, 11) is -2.54. The van der Waals surface area contributed by atoms with Crippen LogP contribution in [0.25, 0.3) is 10.6 Å². The molecular weight excluding hydrogens is 353 g/mol. The summed E-state index contributed by atoms with van der Waals surface area (Å²) < 4.78 is 50.9. The molecule has 0 spiro atoms. The number of benzene rings is 1. The van der Waals surface area contributed by atoms with Gasteiger partial charge < -0.3 is 9.15 Å². The maximum Gasteiger partial charge on any atom is 0.241 e. The molecule has 0 unspecified atom stereocenters.